The molecule has 104 valence electrons. The monoisotopic (exact) mass is 264 g/mol. The zero-order chi connectivity index (χ0) is 14.0. The Balaban J connectivity index is 2.15. The van der Waals surface area contributed by atoms with Crippen LogP contribution in [0.4, 0.5) is 0 Å². The highest BCUT2D eigenvalue weighted by molar-refractivity contribution is 5.93. The molecule has 1 amide bonds. The first-order chi connectivity index (χ1) is 8.95. The zero-order valence-corrected chi connectivity index (χ0v) is 11.3. The van der Waals surface area contributed by atoms with Gasteiger partial charge in [-0.3, -0.25) is 9.59 Å². The summed E-state index contributed by atoms with van der Waals surface area (Å²) in [5.74, 6) is -1.03. The van der Waals surface area contributed by atoms with E-state index in [0.717, 1.165) is 19.3 Å². The van der Waals surface area contributed by atoms with Gasteiger partial charge in [0.05, 0.1) is 5.41 Å². The summed E-state index contributed by atoms with van der Waals surface area (Å²) in [7, 11) is 1.80. The largest absolute Gasteiger partial charge is 0.481 e. The lowest BCUT2D eigenvalue weighted by atomic mass is 9.71. The maximum absolute atomic E-state index is 12.2. The van der Waals surface area contributed by atoms with Crippen molar-refractivity contribution in [3.8, 4) is 0 Å². The second-order valence-corrected chi connectivity index (χ2v) is 5.50. The van der Waals surface area contributed by atoms with Gasteiger partial charge in [0.1, 0.15) is 5.69 Å². The molecular formula is C14H20N2O3. The molecule has 0 radical (unpaired) electrons. The van der Waals surface area contributed by atoms with Crippen molar-refractivity contribution >= 4 is 11.9 Å². The Kier molecular flexibility index (Phi) is 3.64. The number of aromatic nitrogens is 1. The molecule has 1 aromatic rings. The van der Waals surface area contributed by atoms with Crippen molar-refractivity contribution in [3.05, 3.63) is 24.0 Å². The number of nitrogens with one attached hydrogen (secondary N) is 1. The topological polar surface area (TPSA) is 71.3 Å². The molecule has 0 bridgehead atoms. The van der Waals surface area contributed by atoms with Crippen LogP contribution >= 0.6 is 0 Å². The molecule has 2 unspecified atom stereocenters. The number of aryl methyl sites for hydroxylation is 1. The lowest BCUT2D eigenvalue weighted by molar-refractivity contribution is -0.151. The van der Waals surface area contributed by atoms with E-state index in [-0.39, 0.29) is 11.9 Å². The molecule has 2 rings (SSSR count). The quantitative estimate of drug-likeness (QED) is 0.874. The maximum atomic E-state index is 12.2. The van der Waals surface area contributed by atoms with Crippen LogP contribution in [0.5, 0.6) is 0 Å². The molecule has 2 atom stereocenters. The minimum absolute atomic E-state index is 0.202. The van der Waals surface area contributed by atoms with Crippen molar-refractivity contribution in [2.45, 2.75) is 38.6 Å². The molecule has 5 nitrogen and oxygen atoms in total. The molecule has 1 aliphatic carbocycles. The Morgan fingerprint density at radius 1 is 1.47 bits per heavy atom. The average molecular weight is 264 g/mol. The van der Waals surface area contributed by atoms with E-state index >= 15 is 0 Å². The molecular weight excluding hydrogens is 244 g/mol. The van der Waals surface area contributed by atoms with Crippen LogP contribution in [0.3, 0.4) is 0 Å². The summed E-state index contributed by atoms with van der Waals surface area (Å²) < 4.78 is 1.73. The summed E-state index contributed by atoms with van der Waals surface area (Å²) in [5.41, 5.74) is -0.308. The van der Waals surface area contributed by atoms with E-state index in [2.05, 4.69) is 5.32 Å². The zero-order valence-electron chi connectivity index (χ0n) is 11.3. The van der Waals surface area contributed by atoms with E-state index in [1.54, 1.807) is 36.9 Å². The van der Waals surface area contributed by atoms with Gasteiger partial charge in [-0.15, -0.1) is 0 Å². The van der Waals surface area contributed by atoms with Gasteiger partial charge in [-0.05, 0) is 31.9 Å². The lowest BCUT2D eigenvalue weighted by Crippen LogP contribution is -2.52. The van der Waals surface area contributed by atoms with Crippen molar-refractivity contribution in [2.24, 2.45) is 12.5 Å². The lowest BCUT2D eigenvalue weighted by Gasteiger charge is -2.38. The number of carboxylic acid groups (broad SMARTS) is 1. The van der Waals surface area contributed by atoms with E-state index in [9.17, 15) is 14.7 Å². The van der Waals surface area contributed by atoms with E-state index in [4.69, 9.17) is 0 Å². The van der Waals surface area contributed by atoms with Crippen LogP contribution in [0, 0.1) is 5.41 Å². The van der Waals surface area contributed by atoms with Crippen molar-refractivity contribution in [3.63, 3.8) is 0 Å². The molecule has 1 heterocycles. The summed E-state index contributed by atoms with van der Waals surface area (Å²) in [6.07, 6.45) is 4.99. The van der Waals surface area contributed by atoms with Gasteiger partial charge in [0.15, 0.2) is 0 Å². The third-order valence-corrected chi connectivity index (χ3v) is 4.18. The second kappa shape index (κ2) is 5.07. The van der Waals surface area contributed by atoms with Gasteiger partial charge in [-0.25, -0.2) is 0 Å². The SMILES string of the molecule is Cn1cccc1C(=O)NC1CCCCC1(C)C(=O)O. The van der Waals surface area contributed by atoms with Gasteiger partial charge in [-0.2, -0.15) is 0 Å². The standard InChI is InChI=1S/C14H20N2O3/c1-14(13(18)19)8-4-3-7-11(14)15-12(17)10-6-5-9-16(10)2/h5-6,9,11H,3-4,7-8H2,1-2H3,(H,15,17)(H,18,19). The van der Waals surface area contributed by atoms with Gasteiger partial charge >= 0.3 is 5.97 Å². The predicted molar refractivity (Wildman–Crippen MR) is 70.9 cm³/mol. The van der Waals surface area contributed by atoms with Crippen LogP contribution in [0.1, 0.15) is 43.1 Å². The minimum atomic E-state index is -0.862. The molecule has 19 heavy (non-hydrogen) atoms. The minimum Gasteiger partial charge on any atom is -0.481 e. The summed E-state index contributed by atoms with van der Waals surface area (Å²) in [5, 5.41) is 12.3. The predicted octanol–water partition coefficient (Wildman–Crippen LogP) is 1.79. The first kappa shape index (κ1) is 13.6. The normalized spacial score (nSPS) is 26.9. The van der Waals surface area contributed by atoms with E-state index < -0.39 is 11.4 Å². The van der Waals surface area contributed by atoms with Crippen LogP contribution in [0.2, 0.25) is 0 Å². The van der Waals surface area contributed by atoms with Crippen LogP contribution in [0.25, 0.3) is 0 Å². The van der Waals surface area contributed by atoms with Crippen molar-refractivity contribution in [1.29, 1.82) is 0 Å². The van der Waals surface area contributed by atoms with Crippen molar-refractivity contribution in [1.82, 2.24) is 9.88 Å². The van der Waals surface area contributed by atoms with Gasteiger partial charge in [-0.1, -0.05) is 12.8 Å². The van der Waals surface area contributed by atoms with E-state index in [1.807, 2.05) is 0 Å². The number of carbonyl (C=O) groups is 2. The number of aliphatic carboxylic acids is 1. The Morgan fingerprint density at radius 2 is 2.21 bits per heavy atom. The molecule has 1 aliphatic rings. The molecule has 5 heteroatoms. The highest BCUT2D eigenvalue weighted by atomic mass is 16.4. The Bertz CT molecular complexity index is 495. The molecule has 1 saturated carbocycles. The highest BCUT2D eigenvalue weighted by Crippen LogP contribution is 2.36. The van der Waals surface area contributed by atoms with Crippen molar-refractivity contribution in [2.75, 3.05) is 0 Å². The molecule has 1 aromatic heterocycles. The fraction of sp³-hybridized carbons (Fsp3) is 0.571. The summed E-state index contributed by atoms with van der Waals surface area (Å²) in [6, 6.07) is 3.23. The van der Waals surface area contributed by atoms with Crippen LogP contribution in [0.15, 0.2) is 18.3 Å². The molecule has 0 spiro atoms. The number of amides is 1. The summed E-state index contributed by atoms with van der Waals surface area (Å²) in [4.78, 5) is 23.6. The van der Waals surface area contributed by atoms with E-state index in [0.29, 0.717) is 12.1 Å². The summed E-state index contributed by atoms with van der Waals surface area (Å²) >= 11 is 0. The summed E-state index contributed by atoms with van der Waals surface area (Å²) in [6.45, 7) is 1.73. The molecule has 1 fully saturated rings. The fourth-order valence-corrected chi connectivity index (χ4v) is 2.75. The Morgan fingerprint density at radius 3 is 2.79 bits per heavy atom. The molecule has 0 aromatic carbocycles. The average Bonchev–Trinajstić information content (AvgIpc) is 2.78. The van der Waals surface area contributed by atoms with Crippen LogP contribution in [-0.4, -0.2) is 27.6 Å². The maximum Gasteiger partial charge on any atom is 0.311 e. The van der Waals surface area contributed by atoms with Gasteiger partial charge < -0.3 is 15.0 Å². The first-order valence-electron chi connectivity index (χ1n) is 6.61. The number of hydrogen-bond donors (Lipinski definition) is 2. The number of rotatable bonds is 3. The molecule has 2 N–H and O–H groups in total. The van der Waals surface area contributed by atoms with Crippen LogP contribution in [-0.2, 0) is 11.8 Å². The van der Waals surface area contributed by atoms with Gasteiger partial charge in [0.2, 0.25) is 0 Å². The first-order valence-corrected chi connectivity index (χ1v) is 6.61. The smallest absolute Gasteiger partial charge is 0.311 e. The van der Waals surface area contributed by atoms with Gasteiger partial charge in [0.25, 0.3) is 5.91 Å². The second-order valence-electron chi connectivity index (χ2n) is 5.50. The highest BCUT2D eigenvalue weighted by Gasteiger charge is 2.44. The van der Waals surface area contributed by atoms with Crippen LogP contribution < -0.4 is 5.32 Å². The molecule has 0 aliphatic heterocycles. The van der Waals surface area contributed by atoms with Gasteiger partial charge in [0, 0.05) is 19.3 Å². The number of hydrogen-bond acceptors (Lipinski definition) is 2. The Labute approximate surface area is 112 Å². The van der Waals surface area contributed by atoms with Crippen molar-refractivity contribution < 1.29 is 14.7 Å². The third kappa shape index (κ3) is 2.50. The fourth-order valence-electron chi connectivity index (χ4n) is 2.75. The number of nitrogens with zero attached hydrogens (tertiary/aromatic N) is 1. The number of carboxylic acids is 1. The third-order valence-electron chi connectivity index (χ3n) is 4.18. The number of carbonyl (C=O) groups excluding carboxylic acids is 1. The van der Waals surface area contributed by atoms with E-state index in [1.165, 1.54) is 0 Å². The Hall–Kier alpha value is -1.78. The molecule has 0 saturated heterocycles.